The highest BCUT2D eigenvalue weighted by molar-refractivity contribution is 6.01. The van der Waals surface area contributed by atoms with Crippen LogP contribution in [0.4, 0.5) is 10.1 Å². The van der Waals surface area contributed by atoms with Crippen LogP contribution in [0.1, 0.15) is 54.6 Å². The third-order valence-electron chi connectivity index (χ3n) is 6.58. The number of nitrogens with zero attached hydrogens (tertiary/aromatic N) is 2. The minimum absolute atomic E-state index is 0.0198. The lowest BCUT2D eigenvalue weighted by Gasteiger charge is -2.39. The van der Waals surface area contributed by atoms with Gasteiger partial charge in [0.15, 0.2) is 0 Å². The first kappa shape index (κ1) is 21.3. The Kier molecular flexibility index (Phi) is 5.67. The molecule has 2 atom stereocenters. The topological polar surface area (TPSA) is 62.3 Å². The molecule has 1 saturated heterocycles. The molecule has 2 amide bonds. The fraction of sp³-hybridized carbons (Fsp3) is 0.296. The molecule has 1 aromatic heterocycles. The Morgan fingerprint density at radius 2 is 1.85 bits per heavy atom. The molecule has 1 N–H and O–H groups in total. The lowest BCUT2D eigenvalue weighted by molar-refractivity contribution is -0.138. The number of amides is 2. The molecule has 2 aromatic carbocycles. The number of pyridine rings is 1. The summed E-state index contributed by atoms with van der Waals surface area (Å²) in [4.78, 5) is 32.8. The van der Waals surface area contributed by atoms with Gasteiger partial charge in [-0.15, -0.1) is 0 Å². The van der Waals surface area contributed by atoms with Crippen LogP contribution >= 0.6 is 0 Å². The summed E-state index contributed by atoms with van der Waals surface area (Å²) in [6, 6.07) is 17.8. The molecule has 5 rings (SSSR count). The predicted octanol–water partition coefficient (Wildman–Crippen LogP) is 5.38. The fourth-order valence-corrected chi connectivity index (χ4v) is 5.01. The Bertz CT molecular complexity index is 1210. The molecular formula is C27H26FN3O2. The number of aryl methyl sites for hydroxylation is 1. The van der Waals surface area contributed by atoms with Crippen molar-refractivity contribution in [1.29, 1.82) is 0 Å². The van der Waals surface area contributed by atoms with Gasteiger partial charge in [-0.25, -0.2) is 4.39 Å². The lowest BCUT2D eigenvalue weighted by Crippen LogP contribution is -2.43. The molecule has 0 unspecified atom stereocenters. The molecule has 168 valence electrons. The van der Waals surface area contributed by atoms with Crippen molar-refractivity contribution < 1.29 is 14.0 Å². The van der Waals surface area contributed by atoms with Gasteiger partial charge in [-0.1, -0.05) is 30.3 Å². The van der Waals surface area contributed by atoms with E-state index < -0.39 is 5.92 Å². The summed E-state index contributed by atoms with van der Waals surface area (Å²) >= 11 is 0. The zero-order chi connectivity index (χ0) is 22.9. The van der Waals surface area contributed by atoms with Crippen molar-refractivity contribution in [3.8, 4) is 11.1 Å². The van der Waals surface area contributed by atoms with Crippen molar-refractivity contribution in [2.45, 2.75) is 44.6 Å². The van der Waals surface area contributed by atoms with Crippen LogP contribution in [0.15, 0.2) is 60.7 Å². The van der Waals surface area contributed by atoms with Gasteiger partial charge < -0.3 is 10.2 Å². The summed E-state index contributed by atoms with van der Waals surface area (Å²) in [7, 11) is 0. The van der Waals surface area contributed by atoms with Gasteiger partial charge >= 0.3 is 0 Å². The Balaban J connectivity index is 1.49. The predicted molar refractivity (Wildman–Crippen MR) is 125 cm³/mol. The summed E-state index contributed by atoms with van der Waals surface area (Å²) in [6.07, 6.45) is 2.92. The molecule has 1 fully saturated rings. The highest BCUT2D eigenvalue weighted by atomic mass is 19.1. The van der Waals surface area contributed by atoms with E-state index in [4.69, 9.17) is 4.98 Å². The zero-order valence-corrected chi connectivity index (χ0v) is 18.6. The van der Waals surface area contributed by atoms with E-state index >= 15 is 0 Å². The molecule has 0 bridgehead atoms. The SMILES string of the molecule is Cc1cc(-c2ccc(F)cc2)cc([C@@H]2CCCCN2C(=O)[C@H]2CC(=O)Nc3ccccc32)n1. The number of benzene rings is 2. The molecule has 0 radical (unpaired) electrons. The van der Waals surface area contributed by atoms with E-state index in [1.807, 2.05) is 48.2 Å². The third-order valence-corrected chi connectivity index (χ3v) is 6.58. The molecule has 2 aliphatic heterocycles. The highest BCUT2D eigenvalue weighted by Gasteiger charge is 2.37. The number of rotatable bonds is 3. The quantitative estimate of drug-likeness (QED) is 0.592. The largest absolute Gasteiger partial charge is 0.334 e. The standard InChI is InChI=1S/C27H26FN3O2/c1-17-14-19(18-9-11-20(28)12-10-18)15-24(29-17)25-8-4-5-13-31(25)27(33)22-16-26(32)30-23-7-3-2-6-21(22)23/h2-3,6-7,9-12,14-15,22,25H,4-5,8,13,16H2,1H3,(H,30,32)/t22-,25-/m0/s1. The van der Waals surface area contributed by atoms with Crippen molar-refractivity contribution in [2.24, 2.45) is 0 Å². The number of anilines is 1. The Hall–Kier alpha value is -3.54. The van der Waals surface area contributed by atoms with Crippen LogP contribution in [0.3, 0.4) is 0 Å². The molecule has 0 spiro atoms. The second-order valence-electron chi connectivity index (χ2n) is 8.86. The molecule has 0 saturated carbocycles. The van der Waals surface area contributed by atoms with E-state index in [-0.39, 0.29) is 30.1 Å². The summed E-state index contributed by atoms with van der Waals surface area (Å²) in [6.45, 7) is 2.58. The molecule has 5 nitrogen and oxygen atoms in total. The second-order valence-corrected chi connectivity index (χ2v) is 8.86. The number of carbonyl (C=O) groups is 2. The molecular weight excluding hydrogens is 417 g/mol. The number of hydrogen-bond donors (Lipinski definition) is 1. The van der Waals surface area contributed by atoms with Crippen LogP contribution in [0.5, 0.6) is 0 Å². The van der Waals surface area contributed by atoms with Crippen LogP contribution in [0.25, 0.3) is 11.1 Å². The van der Waals surface area contributed by atoms with Crippen molar-refractivity contribution in [2.75, 3.05) is 11.9 Å². The highest BCUT2D eigenvalue weighted by Crippen LogP contribution is 2.38. The van der Waals surface area contributed by atoms with E-state index in [1.54, 1.807) is 12.1 Å². The number of nitrogens with one attached hydrogen (secondary N) is 1. The first-order valence-corrected chi connectivity index (χ1v) is 11.4. The lowest BCUT2D eigenvalue weighted by atomic mass is 9.87. The summed E-state index contributed by atoms with van der Waals surface area (Å²) in [5.74, 6) is -0.913. The van der Waals surface area contributed by atoms with E-state index in [1.165, 1.54) is 12.1 Å². The number of para-hydroxylation sites is 1. The van der Waals surface area contributed by atoms with Gasteiger partial charge in [-0.3, -0.25) is 14.6 Å². The minimum atomic E-state index is -0.489. The van der Waals surface area contributed by atoms with Gasteiger partial charge in [-0.2, -0.15) is 0 Å². The van der Waals surface area contributed by atoms with E-state index in [0.29, 0.717) is 12.2 Å². The minimum Gasteiger partial charge on any atom is -0.334 e. The van der Waals surface area contributed by atoms with Gasteiger partial charge in [0.1, 0.15) is 5.82 Å². The first-order valence-electron chi connectivity index (χ1n) is 11.4. The zero-order valence-electron chi connectivity index (χ0n) is 18.6. The maximum atomic E-state index is 13.8. The average molecular weight is 444 g/mol. The van der Waals surface area contributed by atoms with Crippen LogP contribution in [0, 0.1) is 12.7 Å². The number of likely N-dealkylation sites (tertiary alicyclic amines) is 1. The maximum Gasteiger partial charge on any atom is 0.231 e. The molecule has 3 heterocycles. The van der Waals surface area contributed by atoms with E-state index in [2.05, 4.69) is 5.32 Å². The molecule has 0 aliphatic carbocycles. The molecule has 6 heteroatoms. The second kappa shape index (κ2) is 8.77. The van der Waals surface area contributed by atoms with E-state index in [0.717, 1.165) is 47.3 Å². The summed E-state index contributed by atoms with van der Waals surface area (Å²) in [5.41, 5.74) is 5.15. The normalized spacial score (nSPS) is 20.2. The Morgan fingerprint density at radius 1 is 1.06 bits per heavy atom. The molecule has 3 aromatic rings. The van der Waals surface area contributed by atoms with Crippen LogP contribution in [-0.4, -0.2) is 28.2 Å². The van der Waals surface area contributed by atoms with Crippen molar-refractivity contribution in [1.82, 2.24) is 9.88 Å². The van der Waals surface area contributed by atoms with Crippen LogP contribution < -0.4 is 5.32 Å². The van der Waals surface area contributed by atoms with Gasteiger partial charge in [0.2, 0.25) is 11.8 Å². The van der Waals surface area contributed by atoms with Crippen LogP contribution in [0.2, 0.25) is 0 Å². The number of hydrogen-bond acceptors (Lipinski definition) is 3. The number of carbonyl (C=O) groups excluding carboxylic acids is 2. The first-order chi connectivity index (χ1) is 16.0. The van der Waals surface area contributed by atoms with Gasteiger partial charge in [0, 0.05) is 24.3 Å². The average Bonchev–Trinajstić information content (AvgIpc) is 2.83. The van der Waals surface area contributed by atoms with Gasteiger partial charge in [-0.05, 0) is 73.2 Å². The smallest absolute Gasteiger partial charge is 0.231 e. The number of halogens is 1. The Morgan fingerprint density at radius 3 is 2.67 bits per heavy atom. The number of piperidine rings is 1. The molecule has 33 heavy (non-hydrogen) atoms. The van der Waals surface area contributed by atoms with E-state index in [9.17, 15) is 14.0 Å². The third kappa shape index (κ3) is 4.25. The summed E-state index contributed by atoms with van der Waals surface area (Å²) in [5, 5.41) is 2.88. The van der Waals surface area contributed by atoms with Crippen molar-refractivity contribution in [3.63, 3.8) is 0 Å². The summed E-state index contributed by atoms with van der Waals surface area (Å²) < 4.78 is 13.4. The Labute approximate surface area is 192 Å². The van der Waals surface area contributed by atoms with Gasteiger partial charge in [0.25, 0.3) is 0 Å². The van der Waals surface area contributed by atoms with Crippen LogP contribution in [-0.2, 0) is 9.59 Å². The fourth-order valence-electron chi connectivity index (χ4n) is 5.01. The number of fused-ring (bicyclic) bond motifs is 1. The van der Waals surface area contributed by atoms with Crippen molar-refractivity contribution in [3.05, 3.63) is 83.4 Å². The maximum absolute atomic E-state index is 13.8. The van der Waals surface area contributed by atoms with Crippen molar-refractivity contribution >= 4 is 17.5 Å². The number of aromatic nitrogens is 1. The molecule has 2 aliphatic rings. The van der Waals surface area contributed by atoms with Gasteiger partial charge in [0.05, 0.1) is 17.7 Å². The monoisotopic (exact) mass is 443 g/mol.